The highest BCUT2D eigenvalue weighted by Gasteiger charge is 2.07. The van der Waals surface area contributed by atoms with Gasteiger partial charge in [-0.2, -0.15) is 10.2 Å². The largest absolute Gasteiger partial charge is 0.244 e. The Balaban J connectivity index is 2.76. The van der Waals surface area contributed by atoms with Crippen molar-refractivity contribution in [2.75, 3.05) is 0 Å². The third kappa shape index (κ3) is 1.35. The van der Waals surface area contributed by atoms with Crippen molar-refractivity contribution in [2.45, 2.75) is 19.8 Å². The summed E-state index contributed by atoms with van der Waals surface area (Å²) in [6.45, 7) is 4.16. The molecule has 4 nitrogen and oxygen atoms in total. The molecule has 0 radical (unpaired) electrons. The minimum Gasteiger partial charge on any atom is -0.244 e. The van der Waals surface area contributed by atoms with Crippen molar-refractivity contribution in [3.05, 3.63) is 24.4 Å². The maximum atomic E-state index is 4.11. The topological polar surface area (TPSA) is 51.6 Å². The Morgan fingerprint density at radius 2 is 2.08 bits per heavy atom. The molecular formula is C9H10N4. The Labute approximate surface area is 76.1 Å². The van der Waals surface area contributed by atoms with E-state index in [0.717, 1.165) is 16.6 Å². The van der Waals surface area contributed by atoms with Crippen molar-refractivity contribution in [1.82, 2.24) is 20.2 Å². The second-order valence-electron chi connectivity index (χ2n) is 3.21. The Hall–Kier alpha value is -1.58. The molecule has 0 spiro atoms. The van der Waals surface area contributed by atoms with Crippen molar-refractivity contribution in [3.8, 4) is 0 Å². The van der Waals surface area contributed by atoms with Gasteiger partial charge in [0.2, 0.25) is 0 Å². The monoisotopic (exact) mass is 174 g/mol. The molecule has 13 heavy (non-hydrogen) atoms. The first kappa shape index (κ1) is 8.04. The van der Waals surface area contributed by atoms with E-state index in [1.165, 1.54) is 6.33 Å². The summed E-state index contributed by atoms with van der Waals surface area (Å²) in [6.07, 6.45) is 4.96. The molecule has 0 aliphatic heterocycles. The van der Waals surface area contributed by atoms with Crippen LogP contribution < -0.4 is 0 Å². The molecular weight excluding hydrogens is 164 g/mol. The lowest BCUT2D eigenvalue weighted by molar-refractivity contribution is 0.797. The molecule has 4 heteroatoms. The third-order valence-electron chi connectivity index (χ3n) is 1.91. The summed E-state index contributed by atoms with van der Waals surface area (Å²) in [5.41, 5.74) is 1.81. The van der Waals surface area contributed by atoms with Crippen LogP contribution in [0.4, 0.5) is 0 Å². The fraction of sp³-hybridized carbons (Fsp3) is 0.333. The van der Waals surface area contributed by atoms with Gasteiger partial charge in [0.05, 0.1) is 17.4 Å². The number of hydrogen-bond donors (Lipinski definition) is 0. The molecule has 0 unspecified atom stereocenters. The van der Waals surface area contributed by atoms with Gasteiger partial charge in [-0.15, -0.1) is 0 Å². The molecule has 0 N–H and O–H groups in total. The molecule has 0 aromatic carbocycles. The minimum atomic E-state index is 0.349. The Morgan fingerprint density at radius 3 is 2.85 bits per heavy atom. The Bertz CT molecular complexity index is 419. The molecule has 0 aliphatic carbocycles. The van der Waals surface area contributed by atoms with Gasteiger partial charge < -0.3 is 0 Å². The van der Waals surface area contributed by atoms with Crippen molar-refractivity contribution >= 4 is 10.9 Å². The van der Waals surface area contributed by atoms with Gasteiger partial charge in [-0.1, -0.05) is 13.8 Å². The van der Waals surface area contributed by atoms with E-state index in [2.05, 4.69) is 34.0 Å². The quantitative estimate of drug-likeness (QED) is 0.658. The number of fused-ring (bicyclic) bond motifs is 1. The van der Waals surface area contributed by atoms with E-state index in [0.29, 0.717) is 5.92 Å². The van der Waals surface area contributed by atoms with E-state index < -0.39 is 0 Å². The molecule has 0 aliphatic rings. The fourth-order valence-corrected chi connectivity index (χ4v) is 1.27. The summed E-state index contributed by atoms with van der Waals surface area (Å²) in [6, 6.07) is 0. The minimum absolute atomic E-state index is 0.349. The second-order valence-corrected chi connectivity index (χ2v) is 3.21. The first-order chi connectivity index (χ1) is 6.29. The van der Waals surface area contributed by atoms with Crippen molar-refractivity contribution < 1.29 is 0 Å². The maximum absolute atomic E-state index is 4.11. The Morgan fingerprint density at radius 1 is 1.23 bits per heavy atom. The third-order valence-corrected chi connectivity index (χ3v) is 1.91. The van der Waals surface area contributed by atoms with Crippen molar-refractivity contribution in [3.63, 3.8) is 0 Å². The zero-order valence-corrected chi connectivity index (χ0v) is 7.60. The lowest BCUT2D eigenvalue weighted by atomic mass is 10.1. The van der Waals surface area contributed by atoms with Crippen LogP contribution in [0.25, 0.3) is 10.9 Å². The number of rotatable bonds is 1. The van der Waals surface area contributed by atoms with Gasteiger partial charge in [-0.05, 0) is 5.92 Å². The first-order valence-electron chi connectivity index (χ1n) is 4.20. The highest BCUT2D eigenvalue weighted by Crippen LogP contribution is 2.18. The highest BCUT2D eigenvalue weighted by molar-refractivity contribution is 5.78. The lowest BCUT2D eigenvalue weighted by Gasteiger charge is -2.05. The fourth-order valence-electron chi connectivity index (χ4n) is 1.27. The molecule has 0 saturated carbocycles. The number of hydrogen-bond acceptors (Lipinski definition) is 4. The zero-order valence-electron chi connectivity index (χ0n) is 7.60. The van der Waals surface area contributed by atoms with E-state index >= 15 is 0 Å². The summed E-state index contributed by atoms with van der Waals surface area (Å²) in [4.78, 5) is 8.09. The molecule has 0 fully saturated rings. The van der Waals surface area contributed by atoms with E-state index in [1.807, 2.05) is 0 Å². The molecule has 0 amide bonds. The molecule has 0 atom stereocenters. The summed E-state index contributed by atoms with van der Waals surface area (Å²) in [7, 11) is 0. The van der Waals surface area contributed by atoms with Crippen LogP contribution in [0.2, 0.25) is 0 Å². The zero-order chi connectivity index (χ0) is 9.26. The van der Waals surface area contributed by atoms with Crippen LogP contribution in [0.1, 0.15) is 25.5 Å². The van der Waals surface area contributed by atoms with Crippen LogP contribution in [-0.4, -0.2) is 20.2 Å². The normalized spacial score (nSPS) is 11.0. The van der Waals surface area contributed by atoms with Gasteiger partial charge in [0.15, 0.2) is 0 Å². The average Bonchev–Trinajstić information content (AvgIpc) is 2.17. The number of aromatic nitrogens is 4. The van der Waals surface area contributed by atoms with Crippen molar-refractivity contribution in [2.24, 2.45) is 0 Å². The number of nitrogens with zero attached hydrogens (tertiary/aromatic N) is 4. The van der Waals surface area contributed by atoms with E-state index in [9.17, 15) is 0 Å². The van der Waals surface area contributed by atoms with E-state index in [1.54, 1.807) is 12.4 Å². The van der Waals surface area contributed by atoms with Crippen LogP contribution in [-0.2, 0) is 0 Å². The molecule has 0 saturated heterocycles. The smallest absolute Gasteiger partial charge is 0.116 e. The maximum Gasteiger partial charge on any atom is 0.116 e. The Kier molecular flexibility index (Phi) is 1.88. The molecule has 66 valence electrons. The summed E-state index contributed by atoms with van der Waals surface area (Å²) in [5, 5.41) is 8.96. The summed E-state index contributed by atoms with van der Waals surface area (Å²) < 4.78 is 0. The van der Waals surface area contributed by atoms with E-state index in [4.69, 9.17) is 0 Å². The molecule has 2 heterocycles. The van der Waals surface area contributed by atoms with Crippen LogP contribution in [0, 0.1) is 0 Å². The first-order valence-corrected chi connectivity index (χ1v) is 4.20. The lowest BCUT2D eigenvalue weighted by Crippen LogP contribution is -1.97. The molecule has 0 bridgehead atoms. The summed E-state index contributed by atoms with van der Waals surface area (Å²) in [5.74, 6) is 0.349. The van der Waals surface area contributed by atoms with Gasteiger partial charge in [-0.3, -0.25) is 0 Å². The standard InChI is InChI=1S/C9H10N4/c1-6(2)9-7-3-10-5-11-8(7)4-12-13-9/h3-6H,1-2H3. The second kappa shape index (κ2) is 3.05. The van der Waals surface area contributed by atoms with Gasteiger partial charge in [0.1, 0.15) is 6.33 Å². The highest BCUT2D eigenvalue weighted by atomic mass is 15.1. The van der Waals surface area contributed by atoms with Crippen LogP contribution >= 0.6 is 0 Å². The van der Waals surface area contributed by atoms with E-state index in [-0.39, 0.29) is 0 Å². The van der Waals surface area contributed by atoms with Crippen LogP contribution in [0.3, 0.4) is 0 Å². The summed E-state index contributed by atoms with van der Waals surface area (Å²) >= 11 is 0. The van der Waals surface area contributed by atoms with Gasteiger partial charge in [-0.25, -0.2) is 9.97 Å². The van der Waals surface area contributed by atoms with Gasteiger partial charge in [0, 0.05) is 11.6 Å². The average molecular weight is 174 g/mol. The van der Waals surface area contributed by atoms with Gasteiger partial charge in [0.25, 0.3) is 0 Å². The van der Waals surface area contributed by atoms with Gasteiger partial charge >= 0.3 is 0 Å². The SMILES string of the molecule is CC(C)c1nncc2ncncc12. The molecule has 2 aromatic heterocycles. The van der Waals surface area contributed by atoms with Crippen molar-refractivity contribution in [1.29, 1.82) is 0 Å². The predicted molar refractivity (Wildman–Crippen MR) is 49.2 cm³/mol. The van der Waals surface area contributed by atoms with Crippen LogP contribution in [0.5, 0.6) is 0 Å². The van der Waals surface area contributed by atoms with Crippen LogP contribution in [0.15, 0.2) is 18.7 Å². The molecule has 2 rings (SSSR count). The molecule has 2 aromatic rings. The predicted octanol–water partition coefficient (Wildman–Crippen LogP) is 1.54.